The smallest absolute Gasteiger partial charge is 0.276 e. The summed E-state index contributed by atoms with van der Waals surface area (Å²) in [5.74, 6) is 0.199. The fraction of sp³-hybridized carbons (Fsp3) is 0.238. The maximum Gasteiger partial charge on any atom is 0.276 e. The van der Waals surface area contributed by atoms with Crippen molar-refractivity contribution in [1.82, 2.24) is 9.78 Å². The second kappa shape index (κ2) is 7.82. The third-order valence-corrected chi connectivity index (χ3v) is 4.61. The Balaban J connectivity index is 1.59. The number of benzene rings is 2. The van der Waals surface area contributed by atoms with Crippen LogP contribution in [0.15, 0.2) is 60.7 Å². The largest absolute Gasteiger partial charge is 0.487 e. The molecule has 1 amide bonds. The summed E-state index contributed by atoms with van der Waals surface area (Å²) in [6.45, 7) is 1.10. The normalized spacial score (nSPS) is 16.1. The van der Waals surface area contributed by atoms with Crippen molar-refractivity contribution in [1.29, 1.82) is 0 Å². The molecule has 144 valence electrons. The zero-order valence-electron chi connectivity index (χ0n) is 15.4. The average molecular weight is 381 g/mol. The van der Waals surface area contributed by atoms with Crippen LogP contribution in [0.5, 0.6) is 5.75 Å². The number of nitrogens with zero attached hydrogens (tertiary/aromatic N) is 3. The number of anilines is 1. The summed E-state index contributed by atoms with van der Waals surface area (Å²) < 4.78 is 26.0. The number of rotatable bonds is 6. The molecule has 0 saturated carbocycles. The van der Waals surface area contributed by atoms with E-state index in [9.17, 15) is 9.18 Å². The van der Waals surface area contributed by atoms with E-state index in [1.807, 2.05) is 30.3 Å². The first-order valence-electron chi connectivity index (χ1n) is 8.98. The minimum Gasteiger partial charge on any atom is -0.487 e. The highest BCUT2D eigenvalue weighted by Crippen LogP contribution is 2.26. The predicted molar refractivity (Wildman–Crippen MR) is 102 cm³/mol. The summed E-state index contributed by atoms with van der Waals surface area (Å²) in [7, 11) is 1.59. The van der Waals surface area contributed by atoms with E-state index in [2.05, 4.69) is 5.10 Å². The van der Waals surface area contributed by atoms with Gasteiger partial charge in [-0.1, -0.05) is 18.2 Å². The molecule has 28 heavy (non-hydrogen) atoms. The summed E-state index contributed by atoms with van der Waals surface area (Å²) in [5.41, 5.74) is 1.77. The van der Waals surface area contributed by atoms with Gasteiger partial charge in [-0.2, -0.15) is 5.10 Å². The van der Waals surface area contributed by atoms with E-state index >= 15 is 0 Å². The lowest BCUT2D eigenvalue weighted by Crippen LogP contribution is -2.50. The Kier molecular flexibility index (Phi) is 5.08. The molecule has 1 unspecified atom stereocenters. The van der Waals surface area contributed by atoms with E-state index in [0.717, 1.165) is 5.75 Å². The number of carbonyl (C=O) groups is 1. The zero-order valence-corrected chi connectivity index (χ0v) is 15.4. The quantitative estimate of drug-likeness (QED) is 0.658. The third-order valence-electron chi connectivity index (χ3n) is 4.61. The van der Waals surface area contributed by atoms with Crippen LogP contribution in [-0.2, 0) is 17.9 Å². The summed E-state index contributed by atoms with van der Waals surface area (Å²) in [4.78, 5) is 14.8. The number of methoxy groups -OCH3 is 1. The topological polar surface area (TPSA) is 56.6 Å². The van der Waals surface area contributed by atoms with Crippen LogP contribution in [0.3, 0.4) is 0 Å². The number of halogens is 1. The fourth-order valence-corrected chi connectivity index (χ4v) is 3.35. The minimum absolute atomic E-state index is 0.196. The number of carbonyl (C=O) groups excluding carboxylic acids is 1. The van der Waals surface area contributed by atoms with Crippen LogP contribution < -0.4 is 9.64 Å². The van der Waals surface area contributed by atoms with E-state index in [4.69, 9.17) is 9.47 Å². The Morgan fingerprint density at radius 2 is 1.89 bits per heavy atom. The number of para-hydroxylation sites is 1. The van der Waals surface area contributed by atoms with Gasteiger partial charge in [0.05, 0.1) is 19.2 Å². The predicted octanol–water partition coefficient (Wildman–Crippen LogP) is 3.28. The standard InChI is InChI=1S/C21H20FN3O3/c1-27-14-18-12-24-20(21(26)25(18)17-9-7-15(22)8-10-17)11-16(23-24)13-28-19-5-3-2-4-6-19/h2-11,18H,12-14H2,1H3. The Bertz CT molecular complexity index is 957. The van der Waals surface area contributed by atoms with Gasteiger partial charge in [0.2, 0.25) is 0 Å². The molecule has 1 aliphatic heterocycles. The van der Waals surface area contributed by atoms with Gasteiger partial charge in [-0.3, -0.25) is 14.4 Å². The van der Waals surface area contributed by atoms with Crippen molar-refractivity contribution in [3.05, 3.63) is 77.9 Å². The van der Waals surface area contributed by atoms with Gasteiger partial charge in [0.1, 0.15) is 29.6 Å². The van der Waals surface area contributed by atoms with E-state index in [1.54, 1.807) is 34.9 Å². The van der Waals surface area contributed by atoms with Crippen molar-refractivity contribution >= 4 is 11.6 Å². The minimum atomic E-state index is -0.345. The van der Waals surface area contributed by atoms with Gasteiger partial charge in [0.15, 0.2) is 0 Å². The first-order chi connectivity index (χ1) is 13.7. The molecule has 2 heterocycles. The van der Waals surface area contributed by atoms with Gasteiger partial charge in [-0.15, -0.1) is 0 Å². The lowest BCUT2D eigenvalue weighted by atomic mass is 10.1. The van der Waals surface area contributed by atoms with E-state index in [-0.39, 0.29) is 24.4 Å². The Labute approximate surface area is 162 Å². The molecule has 3 aromatic rings. The molecule has 7 heteroatoms. The molecule has 0 saturated heterocycles. The molecule has 0 spiro atoms. The van der Waals surface area contributed by atoms with Crippen molar-refractivity contribution < 1.29 is 18.7 Å². The van der Waals surface area contributed by atoms with Crippen molar-refractivity contribution in [2.45, 2.75) is 19.2 Å². The average Bonchev–Trinajstić information content (AvgIpc) is 3.12. The zero-order chi connectivity index (χ0) is 19.5. The SMILES string of the molecule is COCC1Cn2nc(COc3ccccc3)cc2C(=O)N1c1ccc(F)cc1. The summed E-state index contributed by atoms with van der Waals surface area (Å²) in [6, 6.07) is 16.8. The number of fused-ring (bicyclic) bond motifs is 1. The second-order valence-electron chi connectivity index (χ2n) is 6.57. The van der Waals surface area contributed by atoms with E-state index in [1.165, 1.54) is 12.1 Å². The number of ether oxygens (including phenoxy) is 2. The monoisotopic (exact) mass is 381 g/mol. The van der Waals surface area contributed by atoms with Crippen LogP contribution in [0, 0.1) is 5.82 Å². The van der Waals surface area contributed by atoms with Crippen molar-refractivity contribution in [2.24, 2.45) is 0 Å². The molecule has 0 bridgehead atoms. The molecular weight excluding hydrogens is 361 g/mol. The van der Waals surface area contributed by atoms with Crippen LogP contribution >= 0.6 is 0 Å². The molecule has 0 radical (unpaired) electrons. The summed E-state index contributed by atoms with van der Waals surface area (Å²) >= 11 is 0. The molecular formula is C21H20FN3O3. The first kappa shape index (κ1) is 18.2. The van der Waals surface area contributed by atoms with Crippen LogP contribution in [-0.4, -0.2) is 35.4 Å². The van der Waals surface area contributed by atoms with Gasteiger partial charge in [0.25, 0.3) is 5.91 Å². The van der Waals surface area contributed by atoms with E-state index < -0.39 is 0 Å². The molecule has 2 aromatic carbocycles. The van der Waals surface area contributed by atoms with Gasteiger partial charge in [0, 0.05) is 12.8 Å². The highest BCUT2D eigenvalue weighted by Gasteiger charge is 2.35. The Morgan fingerprint density at radius 1 is 1.14 bits per heavy atom. The number of hydrogen-bond donors (Lipinski definition) is 0. The number of aromatic nitrogens is 2. The van der Waals surface area contributed by atoms with Crippen molar-refractivity contribution in [3.63, 3.8) is 0 Å². The summed E-state index contributed by atoms with van der Waals surface area (Å²) in [6.07, 6.45) is 0. The molecule has 0 fully saturated rings. The maximum absolute atomic E-state index is 13.3. The van der Waals surface area contributed by atoms with Gasteiger partial charge >= 0.3 is 0 Å². The number of amides is 1. The molecule has 0 N–H and O–H groups in total. The molecule has 1 atom stereocenters. The lowest BCUT2D eigenvalue weighted by Gasteiger charge is -2.35. The van der Waals surface area contributed by atoms with Gasteiger partial charge in [-0.25, -0.2) is 4.39 Å². The number of hydrogen-bond acceptors (Lipinski definition) is 4. The highest BCUT2D eigenvalue weighted by molar-refractivity contribution is 6.06. The second-order valence-corrected chi connectivity index (χ2v) is 6.57. The maximum atomic E-state index is 13.3. The van der Waals surface area contributed by atoms with Crippen molar-refractivity contribution in [3.8, 4) is 5.75 Å². The molecule has 1 aliphatic rings. The summed E-state index contributed by atoms with van der Waals surface area (Å²) in [5, 5.41) is 4.52. The van der Waals surface area contributed by atoms with Gasteiger partial charge in [-0.05, 0) is 42.5 Å². The molecule has 6 nitrogen and oxygen atoms in total. The Morgan fingerprint density at radius 3 is 2.61 bits per heavy atom. The molecule has 0 aliphatic carbocycles. The van der Waals surface area contributed by atoms with Crippen LogP contribution in [0.4, 0.5) is 10.1 Å². The third kappa shape index (κ3) is 3.61. The van der Waals surface area contributed by atoms with Crippen LogP contribution in [0.1, 0.15) is 16.2 Å². The van der Waals surface area contributed by atoms with Crippen molar-refractivity contribution in [2.75, 3.05) is 18.6 Å². The molecule has 1 aromatic heterocycles. The van der Waals surface area contributed by atoms with Gasteiger partial charge < -0.3 is 9.47 Å². The molecule has 4 rings (SSSR count). The highest BCUT2D eigenvalue weighted by atomic mass is 19.1. The first-order valence-corrected chi connectivity index (χ1v) is 8.98. The van der Waals surface area contributed by atoms with E-state index in [0.29, 0.717) is 30.2 Å². The van der Waals surface area contributed by atoms with Crippen LogP contribution in [0.2, 0.25) is 0 Å². The fourth-order valence-electron chi connectivity index (χ4n) is 3.35. The lowest BCUT2D eigenvalue weighted by molar-refractivity contribution is 0.0899. The Hall–Kier alpha value is -3.19. The van der Waals surface area contributed by atoms with Crippen LogP contribution in [0.25, 0.3) is 0 Å².